The highest BCUT2D eigenvalue weighted by Crippen LogP contribution is 2.19. The monoisotopic (exact) mass is 235 g/mol. The maximum Gasteiger partial charge on any atom is 0.317 e. The molecule has 0 amide bonds. The Morgan fingerprint density at radius 3 is 2.59 bits per heavy atom. The van der Waals surface area contributed by atoms with Crippen LogP contribution in [0.5, 0.6) is 0 Å². The molecule has 1 N–H and O–H groups in total. The molecule has 94 valence electrons. The summed E-state index contributed by atoms with van der Waals surface area (Å²) in [6.07, 6.45) is 0. The summed E-state index contributed by atoms with van der Waals surface area (Å²) in [5.74, 6) is -0.288. The van der Waals surface area contributed by atoms with Gasteiger partial charge in [-0.2, -0.15) is 0 Å². The number of nitrogens with zero attached hydrogens (tertiary/aromatic N) is 1. The lowest BCUT2D eigenvalue weighted by molar-refractivity contribution is -0.138. The number of rotatable bonds is 5. The minimum absolute atomic E-state index is 0.0747. The Bertz CT molecular complexity index is 399. The van der Waals surface area contributed by atoms with E-state index in [9.17, 15) is 4.79 Å². The number of hydrogen-bond donors (Lipinski definition) is 1. The van der Waals surface area contributed by atoms with Gasteiger partial charge in [-0.05, 0) is 36.6 Å². The maximum atomic E-state index is 10.6. The molecule has 3 heteroatoms. The SMILES string of the molecule is Cc1ccc(C(C)C)cc1CN(C)CC(=O)O. The van der Waals surface area contributed by atoms with Crippen LogP contribution in [0.2, 0.25) is 0 Å². The summed E-state index contributed by atoms with van der Waals surface area (Å²) in [5, 5.41) is 8.73. The second-order valence-electron chi connectivity index (χ2n) is 4.91. The zero-order valence-electron chi connectivity index (χ0n) is 11.0. The molecular weight excluding hydrogens is 214 g/mol. The van der Waals surface area contributed by atoms with Crippen LogP contribution >= 0.6 is 0 Å². The summed E-state index contributed by atoms with van der Waals surface area (Å²) < 4.78 is 0. The largest absolute Gasteiger partial charge is 0.480 e. The predicted octanol–water partition coefficient (Wildman–Crippen LogP) is 2.63. The third kappa shape index (κ3) is 4.19. The van der Waals surface area contributed by atoms with Crippen LogP contribution in [0.3, 0.4) is 0 Å². The summed E-state index contributed by atoms with van der Waals surface area (Å²) >= 11 is 0. The molecular formula is C14H21NO2. The van der Waals surface area contributed by atoms with Crippen molar-refractivity contribution in [3.05, 3.63) is 34.9 Å². The van der Waals surface area contributed by atoms with Crippen molar-refractivity contribution in [1.29, 1.82) is 0 Å². The molecule has 0 aliphatic heterocycles. The van der Waals surface area contributed by atoms with Crippen molar-refractivity contribution in [2.24, 2.45) is 0 Å². The molecule has 0 heterocycles. The molecule has 0 unspecified atom stereocenters. The van der Waals surface area contributed by atoms with Crippen LogP contribution in [0.15, 0.2) is 18.2 Å². The van der Waals surface area contributed by atoms with E-state index in [1.165, 1.54) is 16.7 Å². The molecule has 1 aromatic carbocycles. The van der Waals surface area contributed by atoms with Crippen LogP contribution in [-0.4, -0.2) is 29.6 Å². The average molecular weight is 235 g/mol. The smallest absolute Gasteiger partial charge is 0.317 e. The van der Waals surface area contributed by atoms with E-state index in [0.717, 1.165) is 0 Å². The van der Waals surface area contributed by atoms with Gasteiger partial charge in [-0.3, -0.25) is 9.69 Å². The molecule has 0 spiro atoms. The molecule has 0 radical (unpaired) electrons. The van der Waals surface area contributed by atoms with Gasteiger partial charge in [-0.15, -0.1) is 0 Å². The lowest BCUT2D eigenvalue weighted by Crippen LogP contribution is -2.25. The van der Waals surface area contributed by atoms with Gasteiger partial charge in [0.1, 0.15) is 0 Å². The van der Waals surface area contributed by atoms with Crippen molar-refractivity contribution >= 4 is 5.97 Å². The first-order valence-corrected chi connectivity index (χ1v) is 5.90. The molecule has 0 aliphatic rings. The van der Waals surface area contributed by atoms with E-state index in [2.05, 4.69) is 39.0 Å². The fraction of sp³-hybridized carbons (Fsp3) is 0.500. The van der Waals surface area contributed by atoms with Crippen LogP contribution in [0.1, 0.15) is 36.5 Å². The van der Waals surface area contributed by atoms with Crippen molar-refractivity contribution in [2.75, 3.05) is 13.6 Å². The van der Waals surface area contributed by atoms with Crippen LogP contribution in [0.25, 0.3) is 0 Å². The van der Waals surface area contributed by atoms with Gasteiger partial charge in [0.2, 0.25) is 0 Å². The van der Waals surface area contributed by atoms with Gasteiger partial charge in [-0.1, -0.05) is 32.0 Å². The van der Waals surface area contributed by atoms with E-state index < -0.39 is 5.97 Å². The molecule has 0 saturated heterocycles. The summed E-state index contributed by atoms with van der Waals surface area (Å²) in [7, 11) is 1.83. The Morgan fingerprint density at radius 2 is 2.06 bits per heavy atom. The first-order valence-electron chi connectivity index (χ1n) is 5.90. The maximum absolute atomic E-state index is 10.6. The highest BCUT2D eigenvalue weighted by molar-refractivity contribution is 5.69. The van der Waals surface area contributed by atoms with Crippen molar-refractivity contribution in [1.82, 2.24) is 4.90 Å². The second-order valence-corrected chi connectivity index (χ2v) is 4.91. The Kier molecular flexibility index (Phi) is 4.70. The highest BCUT2D eigenvalue weighted by atomic mass is 16.4. The van der Waals surface area contributed by atoms with E-state index in [1.54, 1.807) is 0 Å². The van der Waals surface area contributed by atoms with Crippen LogP contribution < -0.4 is 0 Å². The lowest BCUT2D eigenvalue weighted by Gasteiger charge is -2.17. The minimum Gasteiger partial charge on any atom is -0.480 e. The zero-order chi connectivity index (χ0) is 13.0. The Hall–Kier alpha value is -1.35. The first-order chi connectivity index (χ1) is 7.90. The van der Waals surface area contributed by atoms with Gasteiger partial charge in [0.15, 0.2) is 0 Å². The molecule has 17 heavy (non-hydrogen) atoms. The number of aryl methyl sites for hydroxylation is 1. The van der Waals surface area contributed by atoms with Gasteiger partial charge in [0.05, 0.1) is 6.54 Å². The zero-order valence-corrected chi connectivity index (χ0v) is 11.0. The van der Waals surface area contributed by atoms with E-state index in [4.69, 9.17) is 5.11 Å². The van der Waals surface area contributed by atoms with Crippen LogP contribution in [0.4, 0.5) is 0 Å². The van der Waals surface area contributed by atoms with Gasteiger partial charge in [0.25, 0.3) is 0 Å². The number of hydrogen-bond acceptors (Lipinski definition) is 2. The first kappa shape index (κ1) is 13.7. The molecule has 1 rings (SSSR count). The standard InChI is InChI=1S/C14H21NO2/c1-10(2)12-6-5-11(3)13(7-12)8-15(4)9-14(16)17/h5-7,10H,8-9H2,1-4H3,(H,16,17). The Balaban J connectivity index is 2.82. The highest BCUT2D eigenvalue weighted by Gasteiger charge is 2.08. The van der Waals surface area contributed by atoms with Crippen molar-refractivity contribution in [3.63, 3.8) is 0 Å². The van der Waals surface area contributed by atoms with E-state index in [1.807, 2.05) is 11.9 Å². The molecule has 0 aromatic heterocycles. The summed E-state index contributed by atoms with van der Waals surface area (Å²) in [6.45, 7) is 7.14. The summed E-state index contributed by atoms with van der Waals surface area (Å²) in [4.78, 5) is 12.4. The van der Waals surface area contributed by atoms with E-state index in [0.29, 0.717) is 12.5 Å². The number of carbonyl (C=O) groups is 1. The van der Waals surface area contributed by atoms with E-state index in [-0.39, 0.29) is 6.54 Å². The molecule has 3 nitrogen and oxygen atoms in total. The fourth-order valence-electron chi connectivity index (χ4n) is 1.80. The number of carboxylic acid groups (broad SMARTS) is 1. The normalized spacial score (nSPS) is 11.2. The quantitative estimate of drug-likeness (QED) is 0.853. The van der Waals surface area contributed by atoms with E-state index >= 15 is 0 Å². The average Bonchev–Trinajstić information content (AvgIpc) is 2.19. The van der Waals surface area contributed by atoms with Crippen molar-refractivity contribution in [2.45, 2.75) is 33.2 Å². The van der Waals surface area contributed by atoms with Gasteiger partial charge >= 0.3 is 5.97 Å². The topological polar surface area (TPSA) is 40.5 Å². The molecule has 0 saturated carbocycles. The Labute approximate surface area is 103 Å². The molecule has 0 bridgehead atoms. The number of benzene rings is 1. The van der Waals surface area contributed by atoms with Gasteiger partial charge < -0.3 is 5.11 Å². The molecule has 0 aliphatic carbocycles. The number of aliphatic carboxylic acids is 1. The van der Waals surface area contributed by atoms with Crippen LogP contribution in [0, 0.1) is 6.92 Å². The predicted molar refractivity (Wildman–Crippen MR) is 69.2 cm³/mol. The minimum atomic E-state index is -0.787. The van der Waals surface area contributed by atoms with Crippen LogP contribution in [-0.2, 0) is 11.3 Å². The summed E-state index contributed by atoms with van der Waals surface area (Å²) in [6, 6.07) is 6.43. The summed E-state index contributed by atoms with van der Waals surface area (Å²) in [5.41, 5.74) is 3.72. The van der Waals surface area contributed by atoms with Gasteiger partial charge in [-0.25, -0.2) is 0 Å². The number of carboxylic acids is 1. The second kappa shape index (κ2) is 5.82. The Morgan fingerprint density at radius 1 is 1.41 bits per heavy atom. The molecule has 1 aromatic rings. The number of likely N-dealkylation sites (N-methyl/N-ethyl adjacent to an activating group) is 1. The molecule has 0 atom stereocenters. The van der Waals surface area contributed by atoms with Crippen molar-refractivity contribution < 1.29 is 9.90 Å². The van der Waals surface area contributed by atoms with Crippen molar-refractivity contribution in [3.8, 4) is 0 Å². The third-order valence-electron chi connectivity index (χ3n) is 2.89. The third-order valence-corrected chi connectivity index (χ3v) is 2.89. The molecule has 0 fully saturated rings. The lowest BCUT2D eigenvalue weighted by atomic mass is 9.97. The van der Waals surface area contributed by atoms with Gasteiger partial charge in [0, 0.05) is 6.54 Å². The fourth-order valence-corrected chi connectivity index (χ4v) is 1.80.